The second-order valence-corrected chi connectivity index (χ2v) is 4.06. The van der Waals surface area contributed by atoms with Crippen molar-refractivity contribution >= 4 is 18.3 Å². The molecule has 0 saturated carbocycles. The Morgan fingerprint density at radius 2 is 2.35 bits per heavy atom. The van der Waals surface area contributed by atoms with Crippen LogP contribution in [0.5, 0.6) is 0 Å². The predicted molar refractivity (Wildman–Crippen MR) is 66.8 cm³/mol. The zero-order valence-electron chi connectivity index (χ0n) is 9.41. The Kier molecular flexibility index (Phi) is 5.38. The van der Waals surface area contributed by atoms with Crippen LogP contribution in [0.25, 0.3) is 0 Å². The van der Waals surface area contributed by atoms with Crippen molar-refractivity contribution in [3.05, 3.63) is 35.6 Å². The fraction of sp³-hybridized carbons (Fsp3) is 0.417. The van der Waals surface area contributed by atoms with Gasteiger partial charge in [-0.15, -0.1) is 12.4 Å². The number of carbonyl (C=O) groups excluding carboxylic acids is 1. The van der Waals surface area contributed by atoms with E-state index < -0.39 is 0 Å². The maximum Gasteiger partial charge on any atom is 0.224 e. The van der Waals surface area contributed by atoms with Crippen molar-refractivity contribution in [2.45, 2.75) is 18.9 Å². The number of rotatable bonds is 3. The van der Waals surface area contributed by atoms with Crippen LogP contribution in [-0.4, -0.2) is 25.0 Å². The third-order valence-corrected chi connectivity index (χ3v) is 2.68. The minimum absolute atomic E-state index is 0. The molecule has 2 rings (SSSR count). The van der Waals surface area contributed by atoms with Crippen molar-refractivity contribution in [3.8, 4) is 0 Å². The summed E-state index contributed by atoms with van der Waals surface area (Å²) in [5, 5.41) is 6.10. The van der Waals surface area contributed by atoms with Gasteiger partial charge in [-0.1, -0.05) is 12.1 Å². The molecule has 0 bridgehead atoms. The first-order valence-electron chi connectivity index (χ1n) is 5.48. The zero-order chi connectivity index (χ0) is 11.4. The SMILES string of the molecule is Cl.O=C(Cc1cccc(F)c1)NC1CCNC1. The van der Waals surface area contributed by atoms with E-state index in [1.807, 2.05) is 0 Å². The van der Waals surface area contributed by atoms with Crippen LogP contribution < -0.4 is 10.6 Å². The smallest absolute Gasteiger partial charge is 0.224 e. The summed E-state index contributed by atoms with van der Waals surface area (Å²) in [5.41, 5.74) is 0.712. The molecule has 3 nitrogen and oxygen atoms in total. The maximum absolute atomic E-state index is 12.9. The summed E-state index contributed by atoms with van der Waals surface area (Å²) in [6.07, 6.45) is 1.21. The lowest BCUT2D eigenvalue weighted by Crippen LogP contribution is -2.37. The summed E-state index contributed by atoms with van der Waals surface area (Å²) in [5.74, 6) is -0.341. The number of carbonyl (C=O) groups is 1. The van der Waals surface area contributed by atoms with Crippen LogP contribution in [0, 0.1) is 5.82 Å². The molecule has 1 aromatic carbocycles. The molecular weight excluding hydrogens is 243 g/mol. The first-order valence-corrected chi connectivity index (χ1v) is 5.48. The number of hydrogen-bond donors (Lipinski definition) is 2. The molecule has 17 heavy (non-hydrogen) atoms. The highest BCUT2D eigenvalue weighted by Gasteiger charge is 2.16. The molecule has 2 N–H and O–H groups in total. The first-order chi connectivity index (χ1) is 7.74. The lowest BCUT2D eigenvalue weighted by Gasteiger charge is -2.11. The number of halogens is 2. The Bertz CT molecular complexity index is 381. The van der Waals surface area contributed by atoms with Crippen molar-refractivity contribution in [1.29, 1.82) is 0 Å². The van der Waals surface area contributed by atoms with E-state index >= 15 is 0 Å². The molecule has 1 saturated heterocycles. The second kappa shape index (κ2) is 6.57. The minimum Gasteiger partial charge on any atom is -0.352 e. The standard InChI is InChI=1S/C12H15FN2O.ClH/c13-10-3-1-2-9(6-10)7-12(16)15-11-4-5-14-8-11;/h1-3,6,11,14H,4-5,7-8H2,(H,15,16);1H. The topological polar surface area (TPSA) is 41.1 Å². The van der Waals surface area contributed by atoms with Gasteiger partial charge in [0.2, 0.25) is 5.91 Å². The van der Waals surface area contributed by atoms with E-state index in [1.54, 1.807) is 12.1 Å². The van der Waals surface area contributed by atoms with Crippen LogP contribution in [0.15, 0.2) is 24.3 Å². The highest BCUT2D eigenvalue weighted by Crippen LogP contribution is 2.05. The van der Waals surface area contributed by atoms with E-state index in [1.165, 1.54) is 12.1 Å². The Morgan fingerprint density at radius 3 is 3.00 bits per heavy atom. The predicted octanol–water partition coefficient (Wildman–Crippen LogP) is 1.27. The summed E-state index contributed by atoms with van der Waals surface area (Å²) in [4.78, 5) is 11.6. The van der Waals surface area contributed by atoms with Gasteiger partial charge in [-0.05, 0) is 30.7 Å². The quantitative estimate of drug-likeness (QED) is 0.857. The molecule has 0 aliphatic carbocycles. The molecule has 1 aromatic rings. The van der Waals surface area contributed by atoms with Gasteiger partial charge >= 0.3 is 0 Å². The largest absolute Gasteiger partial charge is 0.352 e. The summed E-state index contributed by atoms with van der Waals surface area (Å²) < 4.78 is 12.9. The van der Waals surface area contributed by atoms with E-state index in [0.717, 1.165) is 19.5 Å². The average molecular weight is 259 g/mol. The number of hydrogen-bond acceptors (Lipinski definition) is 2. The Balaban J connectivity index is 0.00000144. The van der Waals surface area contributed by atoms with E-state index in [9.17, 15) is 9.18 Å². The van der Waals surface area contributed by atoms with Crippen LogP contribution in [-0.2, 0) is 11.2 Å². The fourth-order valence-corrected chi connectivity index (χ4v) is 1.89. The van der Waals surface area contributed by atoms with Crippen LogP contribution in [0.3, 0.4) is 0 Å². The van der Waals surface area contributed by atoms with Crippen molar-refractivity contribution < 1.29 is 9.18 Å². The third kappa shape index (κ3) is 4.32. The highest BCUT2D eigenvalue weighted by atomic mass is 35.5. The number of benzene rings is 1. The molecule has 1 fully saturated rings. The molecular formula is C12H16ClFN2O. The number of nitrogens with one attached hydrogen (secondary N) is 2. The molecule has 1 heterocycles. The van der Waals surface area contributed by atoms with Gasteiger partial charge in [-0.25, -0.2) is 4.39 Å². The van der Waals surface area contributed by atoms with Crippen LogP contribution in [0.4, 0.5) is 4.39 Å². The van der Waals surface area contributed by atoms with Crippen molar-refractivity contribution in [2.24, 2.45) is 0 Å². The van der Waals surface area contributed by atoms with Gasteiger partial charge in [0.1, 0.15) is 5.82 Å². The normalized spacial score (nSPS) is 18.5. The van der Waals surface area contributed by atoms with Crippen LogP contribution in [0.2, 0.25) is 0 Å². The second-order valence-electron chi connectivity index (χ2n) is 4.06. The van der Waals surface area contributed by atoms with Crippen molar-refractivity contribution in [2.75, 3.05) is 13.1 Å². The van der Waals surface area contributed by atoms with E-state index in [-0.39, 0.29) is 36.6 Å². The molecule has 1 unspecified atom stereocenters. The highest BCUT2D eigenvalue weighted by molar-refractivity contribution is 5.85. The lowest BCUT2D eigenvalue weighted by molar-refractivity contribution is -0.121. The van der Waals surface area contributed by atoms with Gasteiger partial charge in [0, 0.05) is 12.6 Å². The lowest BCUT2D eigenvalue weighted by atomic mass is 10.1. The third-order valence-electron chi connectivity index (χ3n) is 2.68. The Labute approximate surface area is 106 Å². The van der Waals surface area contributed by atoms with Gasteiger partial charge < -0.3 is 10.6 Å². The first kappa shape index (κ1) is 13.9. The summed E-state index contributed by atoms with van der Waals surface area (Å²) in [6, 6.07) is 6.38. The van der Waals surface area contributed by atoms with Crippen molar-refractivity contribution in [1.82, 2.24) is 10.6 Å². The van der Waals surface area contributed by atoms with Gasteiger partial charge in [-0.3, -0.25) is 4.79 Å². The molecule has 1 aliphatic rings. The van der Waals surface area contributed by atoms with E-state index in [2.05, 4.69) is 10.6 Å². The van der Waals surface area contributed by atoms with Crippen LogP contribution in [0.1, 0.15) is 12.0 Å². The Hall–Kier alpha value is -1.13. The van der Waals surface area contributed by atoms with Gasteiger partial charge in [0.15, 0.2) is 0 Å². The molecule has 0 radical (unpaired) electrons. The zero-order valence-corrected chi connectivity index (χ0v) is 10.2. The molecule has 1 atom stereocenters. The molecule has 5 heteroatoms. The average Bonchev–Trinajstić information content (AvgIpc) is 2.70. The fourth-order valence-electron chi connectivity index (χ4n) is 1.89. The molecule has 0 aromatic heterocycles. The maximum atomic E-state index is 12.9. The van der Waals surface area contributed by atoms with E-state index in [0.29, 0.717) is 5.56 Å². The molecule has 94 valence electrons. The molecule has 1 aliphatic heterocycles. The monoisotopic (exact) mass is 258 g/mol. The molecule has 0 spiro atoms. The van der Waals surface area contributed by atoms with Gasteiger partial charge in [0.05, 0.1) is 6.42 Å². The number of amides is 1. The summed E-state index contributed by atoms with van der Waals surface area (Å²) in [6.45, 7) is 1.78. The van der Waals surface area contributed by atoms with Crippen molar-refractivity contribution in [3.63, 3.8) is 0 Å². The minimum atomic E-state index is -0.298. The van der Waals surface area contributed by atoms with Gasteiger partial charge in [-0.2, -0.15) is 0 Å². The Morgan fingerprint density at radius 1 is 1.53 bits per heavy atom. The van der Waals surface area contributed by atoms with Gasteiger partial charge in [0.25, 0.3) is 0 Å². The summed E-state index contributed by atoms with van der Waals surface area (Å²) in [7, 11) is 0. The molecule has 1 amide bonds. The van der Waals surface area contributed by atoms with Crippen LogP contribution >= 0.6 is 12.4 Å². The summed E-state index contributed by atoms with van der Waals surface area (Å²) >= 11 is 0. The van der Waals surface area contributed by atoms with E-state index in [4.69, 9.17) is 0 Å².